The van der Waals surface area contributed by atoms with Crippen LogP contribution in [0, 0.1) is 0 Å². The molecule has 0 aliphatic rings. The predicted octanol–water partition coefficient (Wildman–Crippen LogP) is 4.18. The fourth-order valence-corrected chi connectivity index (χ4v) is 2.39. The van der Waals surface area contributed by atoms with Gasteiger partial charge < -0.3 is 5.32 Å². The summed E-state index contributed by atoms with van der Waals surface area (Å²) < 4.78 is 2.76. The summed E-state index contributed by atoms with van der Waals surface area (Å²) in [6, 6.07) is 6.23. The Morgan fingerprint density at radius 1 is 1.37 bits per heavy atom. The summed E-state index contributed by atoms with van der Waals surface area (Å²) in [4.78, 5) is 0. The van der Waals surface area contributed by atoms with Gasteiger partial charge in [-0.25, -0.2) is 4.68 Å². The molecule has 0 fully saturated rings. The number of halogens is 2. The SMILES string of the molecule is CC(C)(C)NCc1ccc(-n2cc(Cl)cn2)c(Br)c1. The molecule has 2 rings (SSSR count). The highest BCUT2D eigenvalue weighted by Gasteiger charge is 2.10. The average Bonchev–Trinajstić information content (AvgIpc) is 2.72. The summed E-state index contributed by atoms with van der Waals surface area (Å²) >= 11 is 9.47. The number of nitrogens with zero attached hydrogens (tertiary/aromatic N) is 2. The first-order valence-electron chi connectivity index (χ1n) is 6.09. The van der Waals surface area contributed by atoms with Gasteiger partial charge in [0.25, 0.3) is 0 Å². The molecule has 1 aromatic heterocycles. The Morgan fingerprint density at radius 3 is 2.63 bits per heavy atom. The molecular weight excluding hydrogens is 326 g/mol. The van der Waals surface area contributed by atoms with Crippen LogP contribution in [0.3, 0.4) is 0 Å². The summed E-state index contributed by atoms with van der Waals surface area (Å²) in [7, 11) is 0. The number of aromatic nitrogens is 2. The van der Waals surface area contributed by atoms with Crippen molar-refractivity contribution in [3.8, 4) is 5.69 Å². The zero-order valence-corrected chi connectivity index (χ0v) is 13.6. The fourth-order valence-electron chi connectivity index (χ4n) is 1.65. The first-order valence-corrected chi connectivity index (χ1v) is 7.26. The molecule has 0 aliphatic carbocycles. The Kier molecular flexibility index (Phi) is 4.33. The molecular formula is C14H17BrClN3. The van der Waals surface area contributed by atoms with Gasteiger partial charge in [-0.05, 0) is 54.4 Å². The van der Waals surface area contributed by atoms with Gasteiger partial charge >= 0.3 is 0 Å². The van der Waals surface area contributed by atoms with Crippen LogP contribution in [-0.4, -0.2) is 15.3 Å². The Morgan fingerprint density at radius 2 is 2.11 bits per heavy atom. The van der Waals surface area contributed by atoms with Crippen LogP contribution >= 0.6 is 27.5 Å². The van der Waals surface area contributed by atoms with E-state index >= 15 is 0 Å². The van der Waals surface area contributed by atoms with Crippen LogP contribution in [0.25, 0.3) is 5.69 Å². The van der Waals surface area contributed by atoms with E-state index in [1.165, 1.54) is 5.56 Å². The molecule has 1 N–H and O–H groups in total. The standard InChI is InChI=1S/C14H17BrClN3/c1-14(2,3)17-7-10-4-5-13(12(15)6-10)19-9-11(16)8-18-19/h4-6,8-9,17H,7H2,1-3H3. The largest absolute Gasteiger partial charge is 0.308 e. The van der Waals surface area contributed by atoms with Crippen LogP contribution in [0.4, 0.5) is 0 Å². The van der Waals surface area contributed by atoms with Gasteiger partial charge in [0.15, 0.2) is 0 Å². The summed E-state index contributed by atoms with van der Waals surface area (Å²) in [6.45, 7) is 7.30. The van der Waals surface area contributed by atoms with Crippen molar-refractivity contribution in [1.29, 1.82) is 0 Å². The molecule has 102 valence electrons. The van der Waals surface area contributed by atoms with Gasteiger partial charge in [-0.15, -0.1) is 0 Å². The van der Waals surface area contributed by atoms with Gasteiger partial charge in [0.2, 0.25) is 0 Å². The molecule has 0 unspecified atom stereocenters. The number of nitrogens with one attached hydrogen (secondary N) is 1. The molecule has 0 amide bonds. The summed E-state index contributed by atoms with van der Waals surface area (Å²) in [5.74, 6) is 0. The number of hydrogen-bond donors (Lipinski definition) is 1. The number of rotatable bonds is 3. The summed E-state index contributed by atoms with van der Waals surface area (Å²) in [6.07, 6.45) is 3.41. The van der Waals surface area contributed by atoms with E-state index in [0.29, 0.717) is 5.02 Å². The molecule has 0 spiro atoms. The quantitative estimate of drug-likeness (QED) is 0.907. The lowest BCUT2D eigenvalue weighted by Gasteiger charge is -2.20. The normalized spacial score (nSPS) is 11.8. The van der Waals surface area contributed by atoms with Crippen molar-refractivity contribution in [2.24, 2.45) is 0 Å². The highest BCUT2D eigenvalue weighted by molar-refractivity contribution is 9.10. The smallest absolute Gasteiger partial charge is 0.0790 e. The second-order valence-corrected chi connectivity index (χ2v) is 6.78. The van der Waals surface area contributed by atoms with Crippen molar-refractivity contribution >= 4 is 27.5 Å². The van der Waals surface area contributed by atoms with Crippen LogP contribution in [0.2, 0.25) is 5.02 Å². The minimum absolute atomic E-state index is 0.112. The van der Waals surface area contributed by atoms with Gasteiger partial charge in [-0.1, -0.05) is 17.7 Å². The van der Waals surface area contributed by atoms with E-state index in [2.05, 4.69) is 59.2 Å². The van der Waals surface area contributed by atoms with E-state index in [0.717, 1.165) is 16.7 Å². The average molecular weight is 343 g/mol. The molecule has 0 saturated carbocycles. The van der Waals surface area contributed by atoms with Gasteiger partial charge in [0, 0.05) is 22.8 Å². The van der Waals surface area contributed by atoms with Gasteiger partial charge in [0.1, 0.15) is 0 Å². The molecule has 0 saturated heterocycles. The predicted molar refractivity (Wildman–Crippen MR) is 82.9 cm³/mol. The Hall–Kier alpha value is -0.840. The van der Waals surface area contributed by atoms with Crippen LogP contribution in [0.1, 0.15) is 26.3 Å². The minimum Gasteiger partial charge on any atom is -0.308 e. The molecule has 3 nitrogen and oxygen atoms in total. The van der Waals surface area contributed by atoms with Crippen molar-refractivity contribution in [2.45, 2.75) is 32.9 Å². The second-order valence-electron chi connectivity index (χ2n) is 5.49. The van der Waals surface area contributed by atoms with Crippen LogP contribution in [-0.2, 0) is 6.54 Å². The molecule has 0 atom stereocenters. The maximum absolute atomic E-state index is 5.89. The van der Waals surface area contributed by atoms with Crippen molar-refractivity contribution in [3.63, 3.8) is 0 Å². The lowest BCUT2D eigenvalue weighted by molar-refractivity contribution is 0.424. The molecule has 0 bridgehead atoms. The Bertz CT molecular complexity index is 572. The van der Waals surface area contributed by atoms with E-state index < -0.39 is 0 Å². The monoisotopic (exact) mass is 341 g/mol. The van der Waals surface area contributed by atoms with E-state index in [1.54, 1.807) is 17.1 Å². The molecule has 5 heteroatoms. The van der Waals surface area contributed by atoms with Gasteiger partial charge in [-0.3, -0.25) is 0 Å². The summed E-state index contributed by atoms with van der Waals surface area (Å²) in [5.41, 5.74) is 2.32. The lowest BCUT2D eigenvalue weighted by atomic mass is 10.1. The van der Waals surface area contributed by atoms with E-state index in [4.69, 9.17) is 11.6 Å². The first-order chi connectivity index (χ1) is 8.85. The molecule has 0 aliphatic heterocycles. The zero-order valence-electron chi connectivity index (χ0n) is 11.2. The van der Waals surface area contributed by atoms with Crippen molar-refractivity contribution in [2.75, 3.05) is 0 Å². The molecule has 1 aromatic carbocycles. The van der Waals surface area contributed by atoms with Crippen LogP contribution < -0.4 is 5.32 Å². The van der Waals surface area contributed by atoms with E-state index in [-0.39, 0.29) is 5.54 Å². The van der Waals surface area contributed by atoms with Crippen molar-refractivity contribution in [3.05, 3.63) is 45.7 Å². The highest BCUT2D eigenvalue weighted by atomic mass is 79.9. The van der Waals surface area contributed by atoms with E-state index in [9.17, 15) is 0 Å². The highest BCUT2D eigenvalue weighted by Crippen LogP contribution is 2.23. The fraction of sp³-hybridized carbons (Fsp3) is 0.357. The molecule has 19 heavy (non-hydrogen) atoms. The van der Waals surface area contributed by atoms with Crippen LogP contribution in [0.5, 0.6) is 0 Å². The summed E-state index contributed by atoms with van der Waals surface area (Å²) in [5, 5.41) is 8.30. The number of hydrogen-bond acceptors (Lipinski definition) is 2. The maximum atomic E-state index is 5.89. The van der Waals surface area contributed by atoms with Crippen molar-refractivity contribution < 1.29 is 0 Å². The zero-order chi connectivity index (χ0) is 14.0. The maximum Gasteiger partial charge on any atom is 0.0790 e. The molecule has 2 aromatic rings. The van der Waals surface area contributed by atoms with Crippen LogP contribution in [0.15, 0.2) is 35.1 Å². The Balaban J connectivity index is 2.18. The van der Waals surface area contributed by atoms with E-state index in [1.807, 2.05) is 6.07 Å². The Labute approximate surface area is 127 Å². The molecule has 0 radical (unpaired) electrons. The van der Waals surface area contributed by atoms with Crippen molar-refractivity contribution in [1.82, 2.24) is 15.1 Å². The third kappa shape index (κ3) is 4.06. The lowest BCUT2D eigenvalue weighted by Crippen LogP contribution is -2.35. The topological polar surface area (TPSA) is 29.9 Å². The number of benzene rings is 1. The minimum atomic E-state index is 0.112. The third-order valence-corrected chi connectivity index (χ3v) is 3.46. The van der Waals surface area contributed by atoms with Gasteiger partial charge in [0.05, 0.1) is 16.9 Å². The van der Waals surface area contributed by atoms with Gasteiger partial charge in [-0.2, -0.15) is 5.10 Å². The first kappa shape index (κ1) is 14.6. The molecule has 1 heterocycles. The second kappa shape index (κ2) is 5.65. The third-order valence-electron chi connectivity index (χ3n) is 2.63.